The molecule has 0 aliphatic carbocycles. The Labute approximate surface area is 405 Å². The first-order chi connectivity index (χ1) is 33.3. The van der Waals surface area contributed by atoms with Gasteiger partial charge in [-0.15, -0.1) is 0 Å². The Morgan fingerprint density at radius 1 is 0.457 bits per heavy atom. The van der Waals surface area contributed by atoms with Crippen LogP contribution in [-0.2, 0) is 57.2 Å². The van der Waals surface area contributed by atoms with Crippen molar-refractivity contribution >= 4 is 35.2 Å². The maximum Gasteiger partial charge on any atom is 0.234 e. The molecule has 0 aromatic rings. The monoisotopic (exact) mass is 1010 g/mol. The summed E-state index contributed by atoms with van der Waals surface area (Å²) in [5.41, 5.74) is 0. The molecular formula is C43H75N5O22. The standard InChI is InChI=1S/C43H75N5O22/c1-23(51)9-5-3-7-12-44-29(54)17-48(19-31(56)46-14-11-24(2)52)18-30(55)45-13-8-4-6-10-28(53)47-15-16-65-42-39(64)40(70-43-38(63)36(61)33(58)26(21-50)68-43)34(59)27(69-42)22-66-41-37(62)35(60)32(57)25(20-49)67-41/h25-27,32-43,49-50,57-64H,3-22H2,1-2H3,(H,44,54)(H,45,55)(H,46,56)(H,47,53)/t25-,26-,27-,32-,33-,34-,35+,36+,37+,38+,39+,40+,41+,42+,43-/m1/s1. The fourth-order valence-corrected chi connectivity index (χ4v) is 7.56. The average molecular weight is 1010 g/mol. The average Bonchev–Trinajstić information content (AvgIpc) is 3.31. The predicted octanol–water partition coefficient (Wildman–Crippen LogP) is -7.09. The minimum absolute atomic E-state index is 0.0907. The van der Waals surface area contributed by atoms with E-state index < -0.39 is 124 Å². The molecule has 3 heterocycles. The van der Waals surface area contributed by atoms with Crippen molar-refractivity contribution in [2.75, 3.05) is 72.2 Å². The third-order valence-electron chi connectivity index (χ3n) is 11.6. The molecule has 27 heteroatoms. The van der Waals surface area contributed by atoms with Gasteiger partial charge in [-0.2, -0.15) is 0 Å². The lowest BCUT2D eigenvalue weighted by Gasteiger charge is -2.46. The highest BCUT2D eigenvalue weighted by molar-refractivity contribution is 5.84. The van der Waals surface area contributed by atoms with Crippen LogP contribution >= 0.6 is 0 Å². The summed E-state index contributed by atoms with van der Waals surface area (Å²) in [6.07, 6.45) is -21.3. The van der Waals surface area contributed by atoms with E-state index in [1.807, 2.05) is 0 Å². The van der Waals surface area contributed by atoms with Crippen molar-refractivity contribution in [3.8, 4) is 0 Å². The molecule has 0 unspecified atom stereocenters. The van der Waals surface area contributed by atoms with E-state index in [4.69, 9.17) is 28.4 Å². The molecule has 0 aromatic heterocycles. The van der Waals surface area contributed by atoms with Crippen molar-refractivity contribution in [2.24, 2.45) is 0 Å². The van der Waals surface area contributed by atoms with E-state index in [0.717, 1.165) is 6.42 Å². The summed E-state index contributed by atoms with van der Waals surface area (Å²) in [5.74, 6) is -1.67. The van der Waals surface area contributed by atoms with Gasteiger partial charge in [-0.1, -0.05) is 12.8 Å². The first kappa shape index (κ1) is 60.8. The summed E-state index contributed by atoms with van der Waals surface area (Å²) in [7, 11) is 0. The van der Waals surface area contributed by atoms with Crippen LogP contribution in [0.25, 0.3) is 0 Å². The van der Waals surface area contributed by atoms with Crippen LogP contribution in [0.3, 0.4) is 0 Å². The van der Waals surface area contributed by atoms with Crippen LogP contribution in [0, 0.1) is 0 Å². The smallest absolute Gasteiger partial charge is 0.234 e. The molecule has 0 spiro atoms. The number of ether oxygens (including phenoxy) is 6. The number of nitrogens with zero attached hydrogens (tertiary/aromatic N) is 1. The van der Waals surface area contributed by atoms with Gasteiger partial charge in [0.05, 0.1) is 46.1 Å². The van der Waals surface area contributed by atoms with Gasteiger partial charge in [0.25, 0.3) is 0 Å². The summed E-state index contributed by atoms with van der Waals surface area (Å²) in [6, 6.07) is 0. The van der Waals surface area contributed by atoms with Crippen LogP contribution < -0.4 is 21.3 Å². The highest BCUT2D eigenvalue weighted by Crippen LogP contribution is 2.31. The van der Waals surface area contributed by atoms with Crippen LogP contribution in [0.2, 0.25) is 0 Å². The third kappa shape index (κ3) is 20.6. The molecule has 3 aliphatic heterocycles. The van der Waals surface area contributed by atoms with Crippen LogP contribution in [0.15, 0.2) is 0 Å². The predicted molar refractivity (Wildman–Crippen MR) is 236 cm³/mol. The van der Waals surface area contributed by atoms with Gasteiger partial charge in [-0.25, -0.2) is 0 Å². The largest absolute Gasteiger partial charge is 0.394 e. The number of aliphatic hydroxyl groups excluding tert-OH is 10. The van der Waals surface area contributed by atoms with Gasteiger partial charge in [0.15, 0.2) is 18.9 Å². The maximum absolute atomic E-state index is 12.8. The zero-order valence-electron chi connectivity index (χ0n) is 39.6. The highest BCUT2D eigenvalue weighted by atomic mass is 16.7. The van der Waals surface area contributed by atoms with Crippen LogP contribution in [0.5, 0.6) is 0 Å². The molecule has 15 atom stereocenters. The summed E-state index contributed by atoms with van der Waals surface area (Å²) in [6.45, 7) is 0.288. The lowest BCUT2D eigenvalue weighted by Crippen LogP contribution is -2.65. The Balaban J connectivity index is 1.46. The van der Waals surface area contributed by atoms with Crippen molar-refractivity contribution < 1.29 is 108 Å². The van der Waals surface area contributed by atoms with Gasteiger partial charge < -0.3 is 106 Å². The maximum atomic E-state index is 12.8. The van der Waals surface area contributed by atoms with Crippen molar-refractivity contribution in [3.63, 3.8) is 0 Å². The fraction of sp³-hybridized carbons (Fsp3) is 0.860. The molecule has 3 aliphatic rings. The zero-order chi connectivity index (χ0) is 51.9. The summed E-state index contributed by atoms with van der Waals surface area (Å²) < 4.78 is 33.3. The Bertz CT molecular complexity index is 1620. The van der Waals surface area contributed by atoms with Gasteiger partial charge in [-0.3, -0.25) is 28.9 Å². The van der Waals surface area contributed by atoms with Gasteiger partial charge in [-0.05, 0) is 39.5 Å². The molecule has 0 radical (unpaired) electrons. The van der Waals surface area contributed by atoms with Crippen molar-refractivity contribution in [3.05, 3.63) is 0 Å². The Morgan fingerprint density at radius 3 is 1.44 bits per heavy atom. The third-order valence-corrected chi connectivity index (χ3v) is 11.6. The molecule has 70 heavy (non-hydrogen) atoms. The first-order valence-corrected chi connectivity index (χ1v) is 23.6. The Hall–Kier alpha value is -3.46. The highest BCUT2D eigenvalue weighted by Gasteiger charge is 2.52. The molecule has 0 saturated carbocycles. The van der Waals surface area contributed by atoms with E-state index in [1.165, 1.54) is 18.7 Å². The van der Waals surface area contributed by atoms with Crippen molar-refractivity contribution in [1.29, 1.82) is 0 Å². The fourth-order valence-electron chi connectivity index (χ4n) is 7.56. The second kappa shape index (κ2) is 31.9. The number of carbonyl (C=O) groups is 6. The van der Waals surface area contributed by atoms with Crippen LogP contribution in [0.4, 0.5) is 0 Å². The normalized spacial score (nSPS) is 31.2. The SMILES string of the molecule is CC(=O)CCCCCNC(=O)CN(CC(=O)NCCCCCC(=O)NCCO[C@H]1O[C@H](CO[C@H]2O[C@H](CO)[C@@H](O)[C@H](O)[C@@H]2O)[C@@H](O)[C@H](O[C@H]2O[C@H](CO)[C@@H](O)[C@H](O)[C@@H]2O)[C@@H]1O)CC(=O)NCCC(C)=O. The number of unbranched alkanes of at least 4 members (excludes halogenated alkanes) is 4. The number of ketones is 2. The zero-order valence-corrected chi connectivity index (χ0v) is 39.6. The molecule has 3 rings (SSSR count). The van der Waals surface area contributed by atoms with Crippen molar-refractivity contribution in [2.45, 2.75) is 164 Å². The number of nitrogens with one attached hydrogen (secondary N) is 4. The van der Waals surface area contributed by atoms with Crippen LogP contribution in [-0.4, -0.2) is 256 Å². The number of hydrogen-bond donors (Lipinski definition) is 14. The number of rotatable bonds is 32. The molecule has 14 N–H and O–H groups in total. The van der Waals surface area contributed by atoms with Crippen LogP contribution in [0.1, 0.15) is 71.6 Å². The van der Waals surface area contributed by atoms with Gasteiger partial charge in [0.2, 0.25) is 23.6 Å². The second-order valence-electron chi connectivity index (χ2n) is 17.5. The van der Waals surface area contributed by atoms with Gasteiger partial charge >= 0.3 is 0 Å². The van der Waals surface area contributed by atoms with Gasteiger partial charge in [0, 0.05) is 45.4 Å². The molecule has 3 fully saturated rings. The van der Waals surface area contributed by atoms with E-state index in [-0.39, 0.29) is 82.1 Å². The lowest BCUT2D eigenvalue weighted by molar-refractivity contribution is -0.366. The number of carbonyl (C=O) groups excluding carboxylic acids is 6. The number of aliphatic hydroxyl groups is 10. The Kier molecular flexibility index (Phi) is 27.7. The van der Waals surface area contributed by atoms with E-state index >= 15 is 0 Å². The van der Waals surface area contributed by atoms with E-state index in [0.29, 0.717) is 45.1 Å². The van der Waals surface area contributed by atoms with Crippen molar-refractivity contribution in [1.82, 2.24) is 26.2 Å². The number of Topliss-reactive ketones (excluding diaryl/α,β-unsaturated/α-hetero) is 2. The van der Waals surface area contributed by atoms with E-state index in [9.17, 15) is 79.8 Å². The lowest BCUT2D eigenvalue weighted by atomic mass is 9.96. The van der Waals surface area contributed by atoms with E-state index in [1.54, 1.807) is 0 Å². The minimum Gasteiger partial charge on any atom is -0.394 e. The molecule has 0 bridgehead atoms. The number of hydrogen-bond acceptors (Lipinski definition) is 23. The molecule has 4 amide bonds. The molecule has 3 saturated heterocycles. The summed E-state index contributed by atoms with van der Waals surface area (Å²) in [5, 5.41) is 114. The first-order valence-electron chi connectivity index (χ1n) is 23.6. The molecular weight excluding hydrogens is 938 g/mol. The quantitative estimate of drug-likeness (QED) is 0.0278. The topological polar surface area (TPSA) is 411 Å². The summed E-state index contributed by atoms with van der Waals surface area (Å²) >= 11 is 0. The van der Waals surface area contributed by atoms with Gasteiger partial charge in [0.1, 0.15) is 84.8 Å². The molecule has 404 valence electrons. The summed E-state index contributed by atoms with van der Waals surface area (Å²) in [4.78, 5) is 74.3. The minimum atomic E-state index is -1.93. The molecule has 27 nitrogen and oxygen atoms in total. The van der Waals surface area contributed by atoms with E-state index in [2.05, 4.69) is 21.3 Å². The number of amides is 4. The molecule has 0 aromatic carbocycles. The second-order valence-corrected chi connectivity index (χ2v) is 17.5. The Morgan fingerprint density at radius 2 is 0.914 bits per heavy atom.